The van der Waals surface area contributed by atoms with Crippen LogP contribution in [0.25, 0.3) is 0 Å². The second kappa shape index (κ2) is 6.84. The maximum absolute atomic E-state index is 12.6. The van der Waals surface area contributed by atoms with Gasteiger partial charge < -0.3 is 15.8 Å². The molecule has 0 saturated heterocycles. The molecule has 120 valence electrons. The Morgan fingerprint density at radius 2 is 2.17 bits per heavy atom. The molecule has 0 aromatic heterocycles. The third-order valence-electron chi connectivity index (χ3n) is 4.29. The Labute approximate surface area is 136 Å². The molecule has 1 amide bonds. The first-order chi connectivity index (χ1) is 11.2. The smallest absolute Gasteiger partial charge is 0.251 e. The van der Waals surface area contributed by atoms with E-state index in [4.69, 9.17) is 10.5 Å². The molecule has 4 heteroatoms. The largest absolute Gasteiger partial charge is 0.399 e. The van der Waals surface area contributed by atoms with Gasteiger partial charge >= 0.3 is 0 Å². The van der Waals surface area contributed by atoms with Crippen LogP contribution in [0.15, 0.2) is 42.5 Å². The van der Waals surface area contributed by atoms with Crippen molar-refractivity contribution in [1.29, 1.82) is 0 Å². The van der Waals surface area contributed by atoms with Crippen LogP contribution >= 0.6 is 0 Å². The number of ether oxygens (including phenoxy) is 1. The number of fused-ring (bicyclic) bond motifs is 1. The summed E-state index contributed by atoms with van der Waals surface area (Å²) in [4.78, 5) is 12.6. The second-order valence-corrected chi connectivity index (χ2v) is 6.01. The number of nitrogen functional groups attached to an aromatic ring is 1. The quantitative estimate of drug-likeness (QED) is 0.852. The van der Waals surface area contributed by atoms with Crippen molar-refractivity contribution in [2.75, 3.05) is 12.8 Å². The fraction of sp³-hybridized carbons (Fsp3) is 0.316. The van der Waals surface area contributed by atoms with Gasteiger partial charge in [0.1, 0.15) is 0 Å². The molecule has 0 bridgehead atoms. The summed E-state index contributed by atoms with van der Waals surface area (Å²) in [6.45, 7) is 0.507. The Morgan fingerprint density at radius 3 is 3.00 bits per heavy atom. The van der Waals surface area contributed by atoms with Crippen LogP contribution in [-0.2, 0) is 17.8 Å². The molecule has 0 radical (unpaired) electrons. The van der Waals surface area contributed by atoms with E-state index in [1.165, 1.54) is 11.1 Å². The molecule has 4 nitrogen and oxygen atoms in total. The second-order valence-electron chi connectivity index (χ2n) is 6.01. The number of amides is 1. The van der Waals surface area contributed by atoms with E-state index < -0.39 is 0 Å². The van der Waals surface area contributed by atoms with Crippen molar-refractivity contribution in [3.8, 4) is 0 Å². The number of anilines is 1. The van der Waals surface area contributed by atoms with Crippen molar-refractivity contribution < 1.29 is 9.53 Å². The lowest BCUT2D eigenvalue weighted by Crippen LogP contribution is -2.31. The zero-order valence-corrected chi connectivity index (χ0v) is 13.3. The first kappa shape index (κ1) is 15.6. The third-order valence-corrected chi connectivity index (χ3v) is 4.29. The molecule has 23 heavy (non-hydrogen) atoms. The normalized spacial score (nSPS) is 16.7. The van der Waals surface area contributed by atoms with Crippen LogP contribution in [0, 0.1) is 0 Å². The van der Waals surface area contributed by atoms with E-state index in [-0.39, 0.29) is 11.9 Å². The van der Waals surface area contributed by atoms with Crippen molar-refractivity contribution in [3.63, 3.8) is 0 Å². The summed E-state index contributed by atoms with van der Waals surface area (Å²) in [7, 11) is 1.65. The predicted octanol–water partition coefficient (Wildman–Crippen LogP) is 3.22. The molecular weight excluding hydrogens is 288 g/mol. The fourth-order valence-corrected chi connectivity index (χ4v) is 3.19. The van der Waals surface area contributed by atoms with E-state index >= 15 is 0 Å². The molecule has 2 aromatic rings. The Morgan fingerprint density at radius 1 is 1.30 bits per heavy atom. The van der Waals surface area contributed by atoms with E-state index in [1.807, 2.05) is 42.5 Å². The molecule has 2 aromatic carbocycles. The number of nitrogens with two attached hydrogens (primary N) is 1. The minimum absolute atomic E-state index is 0.0439. The highest BCUT2D eigenvalue weighted by molar-refractivity contribution is 5.94. The summed E-state index contributed by atoms with van der Waals surface area (Å²) in [6.07, 6.45) is 3.04. The number of carbonyl (C=O) groups is 1. The lowest BCUT2D eigenvalue weighted by atomic mass is 9.87. The van der Waals surface area contributed by atoms with Gasteiger partial charge in [0.25, 0.3) is 5.91 Å². The highest BCUT2D eigenvalue weighted by Crippen LogP contribution is 2.31. The molecule has 3 rings (SSSR count). The molecule has 0 spiro atoms. The standard InChI is InChI=1S/C19H22N2O2/c1-23-12-13-4-2-6-15(10-13)19(22)21-18-7-3-5-14-11-16(20)8-9-17(14)18/h2,4,6,8-11,18H,3,5,7,12,20H2,1H3,(H,21,22). The van der Waals surface area contributed by atoms with E-state index in [2.05, 4.69) is 5.32 Å². The topological polar surface area (TPSA) is 64.3 Å². The average molecular weight is 310 g/mol. The van der Waals surface area contributed by atoms with Gasteiger partial charge in [0, 0.05) is 18.4 Å². The molecule has 0 heterocycles. The summed E-state index contributed by atoms with van der Waals surface area (Å²) in [6, 6.07) is 13.6. The van der Waals surface area contributed by atoms with Crippen molar-refractivity contribution >= 4 is 11.6 Å². The van der Waals surface area contributed by atoms with E-state index in [1.54, 1.807) is 7.11 Å². The van der Waals surface area contributed by atoms with Crippen LogP contribution in [0.1, 0.15) is 45.9 Å². The Kier molecular flexibility index (Phi) is 4.63. The van der Waals surface area contributed by atoms with Gasteiger partial charge in [-0.1, -0.05) is 18.2 Å². The predicted molar refractivity (Wildman–Crippen MR) is 91.2 cm³/mol. The van der Waals surface area contributed by atoms with Crippen molar-refractivity contribution in [1.82, 2.24) is 5.32 Å². The lowest BCUT2D eigenvalue weighted by molar-refractivity contribution is 0.0932. The Hall–Kier alpha value is -2.33. The average Bonchev–Trinajstić information content (AvgIpc) is 2.55. The minimum atomic E-state index is -0.0439. The van der Waals surface area contributed by atoms with Crippen LogP contribution in [-0.4, -0.2) is 13.0 Å². The van der Waals surface area contributed by atoms with Crippen molar-refractivity contribution in [3.05, 3.63) is 64.7 Å². The van der Waals surface area contributed by atoms with Gasteiger partial charge in [-0.05, 0) is 60.2 Å². The first-order valence-electron chi connectivity index (χ1n) is 7.94. The summed E-state index contributed by atoms with van der Waals surface area (Å²) in [5.41, 5.74) is 10.7. The van der Waals surface area contributed by atoms with Gasteiger partial charge in [-0.15, -0.1) is 0 Å². The van der Waals surface area contributed by atoms with Gasteiger partial charge in [0.05, 0.1) is 12.6 Å². The molecule has 3 N–H and O–H groups in total. The van der Waals surface area contributed by atoms with Crippen molar-refractivity contribution in [2.24, 2.45) is 0 Å². The van der Waals surface area contributed by atoms with Crippen molar-refractivity contribution in [2.45, 2.75) is 31.9 Å². The summed E-state index contributed by atoms with van der Waals surface area (Å²) in [5.74, 6) is -0.0439. The van der Waals surface area contributed by atoms with Crippen LogP contribution in [0.4, 0.5) is 5.69 Å². The number of hydrogen-bond donors (Lipinski definition) is 2. The highest BCUT2D eigenvalue weighted by atomic mass is 16.5. The number of nitrogens with one attached hydrogen (secondary N) is 1. The fourth-order valence-electron chi connectivity index (χ4n) is 3.19. The molecule has 1 aliphatic carbocycles. The van der Waals surface area contributed by atoms with Crippen LogP contribution in [0.5, 0.6) is 0 Å². The Balaban J connectivity index is 1.78. The van der Waals surface area contributed by atoms with Gasteiger partial charge in [-0.2, -0.15) is 0 Å². The highest BCUT2D eigenvalue weighted by Gasteiger charge is 2.22. The molecule has 1 aliphatic rings. The van der Waals surface area contributed by atoms with Crippen LogP contribution in [0.2, 0.25) is 0 Å². The van der Waals surface area contributed by atoms with Gasteiger partial charge in [-0.25, -0.2) is 0 Å². The van der Waals surface area contributed by atoms with E-state index in [9.17, 15) is 4.79 Å². The number of aryl methyl sites for hydroxylation is 1. The van der Waals surface area contributed by atoms with Gasteiger partial charge in [-0.3, -0.25) is 4.79 Å². The first-order valence-corrected chi connectivity index (χ1v) is 7.94. The van der Waals surface area contributed by atoms with Gasteiger partial charge in [0.15, 0.2) is 0 Å². The number of hydrogen-bond acceptors (Lipinski definition) is 3. The molecule has 0 saturated carbocycles. The zero-order chi connectivity index (χ0) is 16.2. The molecular formula is C19H22N2O2. The van der Waals surface area contributed by atoms with Crippen LogP contribution < -0.4 is 11.1 Å². The lowest BCUT2D eigenvalue weighted by Gasteiger charge is -2.26. The third kappa shape index (κ3) is 3.54. The number of carbonyl (C=O) groups excluding carboxylic acids is 1. The number of rotatable bonds is 4. The maximum atomic E-state index is 12.6. The summed E-state index contributed by atoms with van der Waals surface area (Å²) in [5, 5.41) is 3.16. The molecule has 0 aliphatic heterocycles. The molecule has 1 atom stereocenters. The molecule has 0 fully saturated rings. The van der Waals surface area contributed by atoms with E-state index in [0.29, 0.717) is 12.2 Å². The maximum Gasteiger partial charge on any atom is 0.251 e. The van der Waals surface area contributed by atoms with Gasteiger partial charge in [0.2, 0.25) is 0 Å². The molecule has 1 unspecified atom stereocenters. The monoisotopic (exact) mass is 310 g/mol. The minimum Gasteiger partial charge on any atom is -0.399 e. The number of benzene rings is 2. The van der Waals surface area contributed by atoms with E-state index in [0.717, 1.165) is 30.5 Å². The van der Waals surface area contributed by atoms with Crippen LogP contribution in [0.3, 0.4) is 0 Å². The summed E-state index contributed by atoms with van der Waals surface area (Å²) >= 11 is 0. The SMILES string of the molecule is COCc1cccc(C(=O)NC2CCCc3cc(N)ccc32)c1. The summed E-state index contributed by atoms with van der Waals surface area (Å²) < 4.78 is 5.13. The zero-order valence-electron chi connectivity index (χ0n) is 13.3. The number of methoxy groups -OCH3 is 1. The Bertz CT molecular complexity index is 712.